The van der Waals surface area contributed by atoms with Crippen LogP contribution in [0.5, 0.6) is 0 Å². The number of aromatic nitrogens is 2. The monoisotopic (exact) mass is 404 g/mol. The summed E-state index contributed by atoms with van der Waals surface area (Å²) in [7, 11) is 0. The van der Waals surface area contributed by atoms with Crippen LogP contribution in [0.2, 0.25) is 5.02 Å². The van der Waals surface area contributed by atoms with E-state index in [1.807, 2.05) is 12.3 Å². The zero-order valence-corrected chi connectivity index (χ0v) is 17.3. The van der Waals surface area contributed by atoms with Gasteiger partial charge < -0.3 is 5.32 Å². The van der Waals surface area contributed by atoms with Crippen LogP contribution in [-0.2, 0) is 13.1 Å². The third-order valence-corrected chi connectivity index (χ3v) is 5.79. The molecule has 7 heteroatoms. The predicted octanol–water partition coefficient (Wildman–Crippen LogP) is 4.01. The molecule has 0 aliphatic carbocycles. The van der Waals surface area contributed by atoms with Crippen molar-refractivity contribution in [3.8, 4) is 0 Å². The first-order valence-electron chi connectivity index (χ1n) is 9.20. The molecule has 3 rings (SSSR count). The van der Waals surface area contributed by atoms with Crippen molar-refractivity contribution in [1.82, 2.24) is 20.2 Å². The Hall–Kier alpha value is -1.63. The molecule has 1 aromatic heterocycles. The fraction of sp³-hybridized carbons (Fsp3) is 0.450. The van der Waals surface area contributed by atoms with Gasteiger partial charge in [-0.1, -0.05) is 54.6 Å². The maximum Gasteiger partial charge on any atom is 0.271 e. The van der Waals surface area contributed by atoms with Crippen LogP contribution in [0.3, 0.4) is 0 Å². The first kappa shape index (κ1) is 20.1. The fourth-order valence-electron chi connectivity index (χ4n) is 3.21. The van der Waals surface area contributed by atoms with Gasteiger partial charge in [0, 0.05) is 13.1 Å². The maximum absolute atomic E-state index is 12.5. The van der Waals surface area contributed by atoms with Crippen LogP contribution >= 0.6 is 23.4 Å². The number of amides is 1. The third kappa shape index (κ3) is 5.43. The Morgan fingerprint density at radius 1 is 1.30 bits per heavy atom. The Kier molecular flexibility index (Phi) is 7.10. The molecule has 0 spiro atoms. The molecule has 144 valence electrons. The summed E-state index contributed by atoms with van der Waals surface area (Å²) in [4.78, 5) is 23.3. The number of thioether (sulfide) groups is 1. The molecule has 1 aromatic carbocycles. The molecule has 27 heavy (non-hydrogen) atoms. The summed E-state index contributed by atoms with van der Waals surface area (Å²) in [5.41, 5.74) is 2.60. The lowest BCUT2D eigenvalue weighted by atomic mass is 9.98. The summed E-state index contributed by atoms with van der Waals surface area (Å²) in [6, 6.07) is 8.27. The van der Waals surface area contributed by atoms with E-state index in [1.54, 1.807) is 0 Å². The molecule has 0 radical (unpaired) electrons. The Labute approximate surface area is 169 Å². The van der Waals surface area contributed by atoms with Crippen molar-refractivity contribution in [3.63, 3.8) is 0 Å². The molecule has 2 aromatic rings. The van der Waals surface area contributed by atoms with Gasteiger partial charge in [0.15, 0.2) is 10.9 Å². The first-order valence-corrected chi connectivity index (χ1v) is 10.8. The second-order valence-electron chi connectivity index (χ2n) is 6.96. The fourth-order valence-corrected chi connectivity index (χ4v) is 3.73. The highest BCUT2D eigenvalue weighted by Crippen LogP contribution is 2.20. The SMILES string of the molecule is CSc1ncc(Cl)c(C(=O)NCc2ccccc2CN2CCC(C)CC2)n1. The Balaban J connectivity index is 1.65. The lowest BCUT2D eigenvalue weighted by molar-refractivity contribution is 0.0945. The van der Waals surface area contributed by atoms with Crippen LogP contribution in [0.25, 0.3) is 0 Å². The Bertz CT molecular complexity index is 793. The van der Waals surface area contributed by atoms with Gasteiger partial charge in [-0.2, -0.15) is 0 Å². The van der Waals surface area contributed by atoms with Crippen molar-refractivity contribution in [2.24, 2.45) is 5.92 Å². The van der Waals surface area contributed by atoms with Crippen LogP contribution in [0.1, 0.15) is 41.4 Å². The summed E-state index contributed by atoms with van der Waals surface area (Å²) in [5, 5.41) is 3.75. The highest BCUT2D eigenvalue weighted by molar-refractivity contribution is 7.98. The molecule has 1 amide bonds. The minimum Gasteiger partial charge on any atom is -0.347 e. The van der Waals surface area contributed by atoms with Gasteiger partial charge in [-0.05, 0) is 49.2 Å². The van der Waals surface area contributed by atoms with E-state index in [4.69, 9.17) is 11.6 Å². The van der Waals surface area contributed by atoms with Crippen LogP contribution in [0.4, 0.5) is 0 Å². The largest absolute Gasteiger partial charge is 0.347 e. The summed E-state index contributed by atoms with van der Waals surface area (Å²) < 4.78 is 0. The van der Waals surface area contributed by atoms with Gasteiger partial charge in [0.25, 0.3) is 5.91 Å². The molecule has 0 bridgehead atoms. The number of nitrogens with one attached hydrogen (secondary N) is 1. The summed E-state index contributed by atoms with van der Waals surface area (Å²) in [6.07, 6.45) is 5.84. The maximum atomic E-state index is 12.5. The van der Waals surface area contributed by atoms with Gasteiger partial charge in [-0.15, -0.1) is 0 Å². The summed E-state index contributed by atoms with van der Waals surface area (Å²) in [5.74, 6) is 0.541. The number of piperidine rings is 1. The predicted molar refractivity (Wildman–Crippen MR) is 110 cm³/mol. The smallest absolute Gasteiger partial charge is 0.271 e. The molecular weight excluding hydrogens is 380 g/mol. The van der Waals surface area contributed by atoms with Gasteiger partial charge in [0.2, 0.25) is 0 Å². The van der Waals surface area contributed by atoms with E-state index < -0.39 is 0 Å². The van der Waals surface area contributed by atoms with E-state index in [2.05, 4.69) is 45.3 Å². The average molecular weight is 405 g/mol. The summed E-state index contributed by atoms with van der Waals surface area (Å²) >= 11 is 7.48. The lowest BCUT2D eigenvalue weighted by Gasteiger charge is -2.30. The van der Waals surface area contributed by atoms with E-state index in [9.17, 15) is 4.79 Å². The number of benzene rings is 1. The Morgan fingerprint density at radius 3 is 2.70 bits per heavy atom. The molecule has 0 saturated carbocycles. The van der Waals surface area contributed by atoms with Crippen molar-refractivity contribution in [3.05, 3.63) is 52.3 Å². The minimum atomic E-state index is -0.278. The molecule has 1 N–H and O–H groups in total. The standard InChI is InChI=1S/C20H25ClN4OS/c1-14-7-9-25(10-8-14)13-16-6-4-3-5-15(16)11-22-19(26)18-17(21)12-23-20(24-18)27-2/h3-6,12,14H,7-11,13H2,1-2H3,(H,22,26). The van der Waals surface area contributed by atoms with Crippen LogP contribution in [0, 0.1) is 5.92 Å². The van der Waals surface area contributed by atoms with Crippen molar-refractivity contribution in [1.29, 1.82) is 0 Å². The van der Waals surface area contributed by atoms with Gasteiger partial charge >= 0.3 is 0 Å². The number of carbonyl (C=O) groups is 1. The third-order valence-electron chi connectivity index (χ3n) is 4.95. The molecule has 1 aliphatic rings. The normalized spacial score (nSPS) is 15.7. The van der Waals surface area contributed by atoms with E-state index in [0.29, 0.717) is 11.7 Å². The first-order chi connectivity index (χ1) is 13.1. The molecule has 5 nitrogen and oxygen atoms in total. The van der Waals surface area contributed by atoms with Crippen molar-refractivity contribution < 1.29 is 4.79 Å². The topological polar surface area (TPSA) is 58.1 Å². The van der Waals surface area contributed by atoms with E-state index in [-0.39, 0.29) is 16.6 Å². The van der Waals surface area contributed by atoms with E-state index in [1.165, 1.54) is 36.4 Å². The van der Waals surface area contributed by atoms with Crippen LogP contribution in [-0.4, -0.2) is 40.1 Å². The highest BCUT2D eigenvalue weighted by atomic mass is 35.5. The van der Waals surface area contributed by atoms with Gasteiger partial charge in [-0.3, -0.25) is 9.69 Å². The molecule has 1 fully saturated rings. The summed E-state index contributed by atoms with van der Waals surface area (Å²) in [6.45, 7) is 5.96. The second-order valence-corrected chi connectivity index (χ2v) is 8.14. The zero-order valence-electron chi connectivity index (χ0n) is 15.7. The van der Waals surface area contributed by atoms with Crippen LogP contribution < -0.4 is 5.32 Å². The van der Waals surface area contributed by atoms with Gasteiger partial charge in [0.05, 0.1) is 11.2 Å². The van der Waals surface area contributed by atoms with E-state index >= 15 is 0 Å². The van der Waals surface area contributed by atoms with Crippen molar-refractivity contribution >= 4 is 29.3 Å². The quantitative estimate of drug-likeness (QED) is 0.582. The Morgan fingerprint density at radius 2 is 2.00 bits per heavy atom. The van der Waals surface area contributed by atoms with Crippen molar-refractivity contribution in [2.45, 2.75) is 38.0 Å². The molecule has 0 atom stereocenters. The highest BCUT2D eigenvalue weighted by Gasteiger charge is 2.18. The molecular formula is C20H25ClN4OS. The van der Waals surface area contributed by atoms with Gasteiger partial charge in [0.1, 0.15) is 0 Å². The zero-order chi connectivity index (χ0) is 19.2. The van der Waals surface area contributed by atoms with Crippen LogP contribution in [0.15, 0.2) is 35.6 Å². The number of nitrogens with zero attached hydrogens (tertiary/aromatic N) is 3. The number of carbonyl (C=O) groups excluding carboxylic acids is 1. The van der Waals surface area contributed by atoms with E-state index in [0.717, 1.165) is 31.1 Å². The number of rotatable bonds is 6. The average Bonchev–Trinajstić information content (AvgIpc) is 2.69. The number of hydrogen-bond acceptors (Lipinski definition) is 5. The molecule has 1 aliphatic heterocycles. The van der Waals surface area contributed by atoms with Crippen molar-refractivity contribution in [2.75, 3.05) is 19.3 Å². The number of halogens is 1. The number of likely N-dealkylation sites (tertiary alicyclic amines) is 1. The lowest BCUT2D eigenvalue weighted by Crippen LogP contribution is -2.33. The minimum absolute atomic E-state index is 0.221. The second kappa shape index (κ2) is 9.53. The molecule has 2 heterocycles. The molecule has 0 unspecified atom stereocenters. The molecule has 1 saturated heterocycles. The number of hydrogen-bond donors (Lipinski definition) is 1. The van der Waals surface area contributed by atoms with Gasteiger partial charge in [-0.25, -0.2) is 9.97 Å².